The van der Waals surface area contributed by atoms with Crippen LogP contribution in [0.25, 0.3) is 0 Å². The summed E-state index contributed by atoms with van der Waals surface area (Å²) in [6.45, 7) is 4.60. The summed E-state index contributed by atoms with van der Waals surface area (Å²) < 4.78 is 6.11. The van der Waals surface area contributed by atoms with Gasteiger partial charge >= 0.3 is 0 Å². The van der Waals surface area contributed by atoms with Gasteiger partial charge in [-0.25, -0.2) is 0 Å². The van der Waals surface area contributed by atoms with E-state index in [9.17, 15) is 0 Å². The molecule has 1 saturated carbocycles. The summed E-state index contributed by atoms with van der Waals surface area (Å²) in [5, 5.41) is 0. The molecule has 114 valence electrons. The van der Waals surface area contributed by atoms with E-state index in [2.05, 4.69) is 29.2 Å². The molecule has 0 amide bonds. The van der Waals surface area contributed by atoms with E-state index in [4.69, 9.17) is 4.74 Å². The fraction of sp³-hybridized carbons (Fsp3) is 0.684. The lowest BCUT2D eigenvalue weighted by molar-refractivity contribution is 0.0109. The van der Waals surface area contributed by atoms with Gasteiger partial charge in [-0.05, 0) is 81.3 Å². The standard InChI is InChI=1S/C19H27NO/c1-3-7-17(8-4-1)18-9-11-19(12-10-18)21-16-15-20-13-5-2-6-14-20/h3,7-8,18-19H,2,5-6,9-16H2. The fourth-order valence-electron chi connectivity index (χ4n) is 3.71. The summed E-state index contributed by atoms with van der Waals surface area (Å²) in [7, 11) is 0. The van der Waals surface area contributed by atoms with E-state index in [0.717, 1.165) is 13.2 Å². The Morgan fingerprint density at radius 2 is 1.86 bits per heavy atom. The molecule has 1 saturated heterocycles. The third-order valence-electron chi connectivity index (χ3n) is 5.04. The summed E-state index contributed by atoms with van der Waals surface area (Å²) in [5.41, 5.74) is 1.43. The van der Waals surface area contributed by atoms with Crippen LogP contribution in [0, 0.1) is 12.1 Å². The van der Waals surface area contributed by atoms with Crippen LogP contribution in [0.3, 0.4) is 0 Å². The van der Waals surface area contributed by atoms with Crippen molar-refractivity contribution in [2.75, 3.05) is 26.2 Å². The van der Waals surface area contributed by atoms with Gasteiger partial charge in [0.1, 0.15) is 0 Å². The second-order valence-corrected chi connectivity index (χ2v) is 6.51. The monoisotopic (exact) mass is 285 g/mol. The van der Waals surface area contributed by atoms with Gasteiger partial charge in [-0.1, -0.05) is 18.6 Å². The summed E-state index contributed by atoms with van der Waals surface area (Å²) in [4.78, 5) is 2.56. The van der Waals surface area contributed by atoms with Crippen molar-refractivity contribution in [1.29, 1.82) is 0 Å². The largest absolute Gasteiger partial charge is 0.377 e. The van der Waals surface area contributed by atoms with Gasteiger partial charge in [-0.15, -0.1) is 0 Å². The molecular weight excluding hydrogens is 258 g/mol. The molecule has 0 unspecified atom stereocenters. The number of piperidine rings is 1. The summed E-state index contributed by atoms with van der Waals surface area (Å²) in [5.74, 6) is 0.706. The Morgan fingerprint density at radius 3 is 2.57 bits per heavy atom. The maximum Gasteiger partial charge on any atom is 0.0597 e. The SMILES string of the molecule is c1ccc(C2CCC(OCCN3CCCCC3)CC2)cc#1. The van der Waals surface area contributed by atoms with Gasteiger partial charge in [0.05, 0.1) is 12.7 Å². The Kier molecular flexibility index (Phi) is 5.54. The molecule has 3 rings (SSSR count). The summed E-state index contributed by atoms with van der Waals surface area (Å²) >= 11 is 0. The molecule has 0 spiro atoms. The van der Waals surface area contributed by atoms with Crippen molar-refractivity contribution in [2.24, 2.45) is 0 Å². The first-order valence-electron chi connectivity index (χ1n) is 8.63. The van der Waals surface area contributed by atoms with E-state index in [-0.39, 0.29) is 0 Å². The third-order valence-corrected chi connectivity index (χ3v) is 5.04. The number of hydrogen-bond donors (Lipinski definition) is 0. The number of ether oxygens (including phenoxy) is 1. The van der Waals surface area contributed by atoms with Gasteiger partial charge in [0.2, 0.25) is 0 Å². The topological polar surface area (TPSA) is 12.5 Å². The highest BCUT2D eigenvalue weighted by Gasteiger charge is 2.22. The molecule has 0 bridgehead atoms. The van der Waals surface area contributed by atoms with Crippen LogP contribution in [0.4, 0.5) is 0 Å². The Balaban J connectivity index is 1.34. The molecular formula is C19H27NO. The van der Waals surface area contributed by atoms with Crippen molar-refractivity contribution in [1.82, 2.24) is 4.90 Å². The zero-order chi connectivity index (χ0) is 14.3. The lowest BCUT2D eigenvalue weighted by Gasteiger charge is -2.30. The van der Waals surface area contributed by atoms with Crippen LogP contribution in [0.2, 0.25) is 0 Å². The van der Waals surface area contributed by atoms with Crippen LogP contribution >= 0.6 is 0 Å². The zero-order valence-corrected chi connectivity index (χ0v) is 13.0. The Labute approximate surface area is 129 Å². The smallest absolute Gasteiger partial charge is 0.0597 e. The van der Waals surface area contributed by atoms with Gasteiger partial charge in [0.15, 0.2) is 0 Å². The van der Waals surface area contributed by atoms with E-state index >= 15 is 0 Å². The van der Waals surface area contributed by atoms with Crippen LogP contribution in [0.1, 0.15) is 56.4 Å². The number of nitrogens with zero attached hydrogens (tertiary/aromatic N) is 1. The third kappa shape index (κ3) is 4.46. The molecule has 21 heavy (non-hydrogen) atoms. The van der Waals surface area contributed by atoms with Crippen molar-refractivity contribution < 1.29 is 4.74 Å². The average molecular weight is 285 g/mol. The lowest BCUT2D eigenvalue weighted by Crippen LogP contribution is -2.34. The van der Waals surface area contributed by atoms with Crippen LogP contribution in [-0.2, 0) is 4.74 Å². The van der Waals surface area contributed by atoms with Crippen LogP contribution in [0.5, 0.6) is 0 Å². The van der Waals surface area contributed by atoms with E-state index in [1.54, 1.807) is 0 Å². The van der Waals surface area contributed by atoms with Gasteiger partial charge in [-0.2, -0.15) is 0 Å². The maximum atomic E-state index is 6.11. The van der Waals surface area contributed by atoms with Crippen molar-refractivity contribution in [2.45, 2.75) is 57.0 Å². The molecule has 2 fully saturated rings. The van der Waals surface area contributed by atoms with E-state index in [1.165, 1.54) is 63.6 Å². The molecule has 2 aliphatic rings. The van der Waals surface area contributed by atoms with Gasteiger partial charge in [-0.3, -0.25) is 0 Å². The first kappa shape index (κ1) is 14.9. The molecule has 1 aliphatic heterocycles. The van der Waals surface area contributed by atoms with E-state index < -0.39 is 0 Å². The van der Waals surface area contributed by atoms with Gasteiger partial charge in [0, 0.05) is 6.54 Å². The van der Waals surface area contributed by atoms with Crippen LogP contribution in [0.15, 0.2) is 18.2 Å². The molecule has 1 aliphatic carbocycles. The van der Waals surface area contributed by atoms with Crippen molar-refractivity contribution in [3.05, 3.63) is 35.9 Å². The highest BCUT2D eigenvalue weighted by molar-refractivity contribution is 5.16. The highest BCUT2D eigenvalue weighted by atomic mass is 16.5. The Morgan fingerprint density at radius 1 is 1.05 bits per heavy atom. The average Bonchev–Trinajstić information content (AvgIpc) is 2.57. The predicted molar refractivity (Wildman–Crippen MR) is 85.4 cm³/mol. The predicted octanol–water partition coefficient (Wildman–Crippen LogP) is 3.82. The number of rotatable bonds is 5. The molecule has 0 N–H and O–H groups in total. The fourth-order valence-corrected chi connectivity index (χ4v) is 3.71. The highest BCUT2D eigenvalue weighted by Crippen LogP contribution is 2.33. The summed E-state index contributed by atoms with van der Waals surface area (Å²) in [6, 6.07) is 12.3. The number of likely N-dealkylation sites (tertiary alicyclic amines) is 1. The second kappa shape index (κ2) is 7.82. The maximum absolute atomic E-state index is 6.11. The van der Waals surface area contributed by atoms with Crippen molar-refractivity contribution in [3.63, 3.8) is 0 Å². The molecule has 1 aromatic carbocycles. The second-order valence-electron chi connectivity index (χ2n) is 6.51. The minimum Gasteiger partial charge on any atom is -0.377 e. The van der Waals surface area contributed by atoms with Crippen LogP contribution in [-0.4, -0.2) is 37.2 Å². The number of hydrogen-bond acceptors (Lipinski definition) is 2. The van der Waals surface area contributed by atoms with Crippen LogP contribution < -0.4 is 0 Å². The molecule has 2 nitrogen and oxygen atoms in total. The zero-order valence-electron chi connectivity index (χ0n) is 13.0. The summed E-state index contributed by atoms with van der Waals surface area (Å²) in [6.07, 6.45) is 9.58. The Bertz CT molecular complexity index is 391. The molecule has 0 radical (unpaired) electrons. The first-order valence-corrected chi connectivity index (χ1v) is 8.63. The van der Waals surface area contributed by atoms with E-state index in [1.807, 2.05) is 6.07 Å². The first-order chi connectivity index (χ1) is 10.4. The quantitative estimate of drug-likeness (QED) is 0.815. The lowest BCUT2D eigenvalue weighted by atomic mass is 9.83. The minimum atomic E-state index is 0.491. The molecule has 0 aromatic heterocycles. The van der Waals surface area contributed by atoms with Crippen molar-refractivity contribution >= 4 is 0 Å². The normalized spacial score (nSPS) is 27.2. The molecule has 1 heterocycles. The molecule has 0 atom stereocenters. The molecule has 2 heteroatoms. The Hall–Kier alpha value is -1.04. The van der Waals surface area contributed by atoms with E-state index in [0.29, 0.717) is 12.0 Å². The minimum absolute atomic E-state index is 0.491. The van der Waals surface area contributed by atoms with Crippen molar-refractivity contribution in [3.8, 4) is 0 Å². The van der Waals surface area contributed by atoms with Gasteiger partial charge < -0.3 is 9.64 Å². The molecule has 1 aromatic rings. The van der Waals surface area contributed by atoms with Gasteiger partial charge in [0.25, 0.3) is 0 Å².